The van der Waals surface area contributed by atoms with Crippen molar-refractivity contribution in [3.05, 3.63) is 41.2 Å². The van der Waals surface area contributed by atoms with Gasteiger partial charge in [0.05, 0.1) is 14.2 Å². The number of aromatic nitrogens is 2. The molecule has 1 amide bonds. The summed E-state index contributed by atoms with van der Waals surface area (Å²) in [5.41, 5.74) is 2.71. The molecule has 1 aromatic carbocycles. The van der Waals surface area contributed by atoms with Gasteiger partial charge >= 0.3 is 0 Å². The molecular weight excluding hydrogens is 318 g/mol. The van der Waals surface area contributed by atoms with Crippen molar-refractivity contribution in [3.8, 4) is 11.5 Å². The molecule has 1 saturated heterocycles. The molecule has 2 aliphatic rings. The van der Waals surface area contributed by atoms with Crippen LogP contribution in [0.25, 0.3) is 0 Å². The van der Waals surface area contributed by atoms with E-state index in [2.05, 4.69) is 10.2 Å². The summed E-state index contributed by atoms with van der Waals surface area (Å²) in [5.74, 6) is 2.47. The van der Waals surface area contributed by atoms with E-state index in [9.17, 15) is 4.79 Å². The van der Waals surface area contributed by atoms with Crippen molar-refractivity contribution in [2.75, 3.05) is 27.3 Å². The minimum atomic E-state index is 0.00696. The van der Waals surface area contributed by atoms with Crippen molar-refractivity contribution in [2.45, 2.75) is 31.1 Å². The van der Waals surface area contributed by atoms with Gasteiger partial charge in [-0.1, -0.05) is 0 Å². The zero-order valence-electron chi connectivity index (χ0n) is 14.6. The molecule has 2 fully saturated rings. The van der Waals surface area contributed by atoms with Gasteiger partial charge in [-0.25, -0.2) is 0 Å². The summed E-state index contributed by atoms with van der Waals surface area (Å²) in [6.07, 6.45) is 3.30. The van der Waals surface area contributed by atoms with Gasteiger partial charge < -0.3 is 14.4 Å². The second kappa shape index (κ2) is 6.43. The fraction of sp³-hybridized carbons (Fsp3) is 0.474. The van der Waals surface area contributed by atoms with Crippen molar-refractivity contribution in [3.63, 3.8) is 0 Å². The number of methoxy groups -OCH3 is 2. The predicted octanol–water partition coefficient (Wildman–Crippen LogP) is 2.93. The van der Waals surface area contributed by atoms with Crippen molar-refractivity contribution in [1.82, 2.24) is 15.1 Å². The molecule has 1 saturated carbocycles. The number of aromatic amines is 1. The topological polar surface area (TPSA) is 67.5 Å². The van der Waals surface area contributed by atoms with E-state index in [1.54, 1.807) is 14.2 Å². The molecule has 2 aromatic rings. The van der Waals surface area contributed by atoms with Crippen LogP contribution in [0.4, 0.5) is 0 Å². The lowest BCUT2D eigenvalue weighted by Crippen LogP contribution is -2.28. The molecule has 132 valence electrons. The minimum Gasteiger partial charge on any atom is -0.497 e. The molecule has 1 N–H and O–H groups in total. The Morgan fingerprint density at radius 2 is 2.00 bits per heavy atom. The van der Waals surface area contributed by atoms with Crippen LogP contribution in [0.1, 0.15) is 52.8 Å². The van der Waals surface area contributed by atoms with Crippen LogP contribution in [0.15, 0.2) is 24.3 Å². The average molecular weight is 341 g/mol. The SMILES string of the molecule is COc1ccc(OC)c(C2CCN(C(=O)c3cc(C4CC4)[nH]n3)C2)c1. The van der Waals surface area contributed by atoms with E-state index in [0.29, 0.717) is 18.2 Å². The molecule has 1 unspecified atom stereocenters. The Bertz CT molecular complexity index is 782. The monoisotopic (exact) mass is 341 g/mol. The number of rotatable bonds is 5. The molecular formula is C19H23N3O3. The van der Waals surface area contributed by atoms with E-state index < -0.39 is 0 Å². The molecule has 6 nitrogen and oxygen atoms in total. The summed E-state index contributed by atoms with van der Waals surface area (Å²) in [6, 6.07) is 7.74. The number of hydrogen-bond donors (Lipinski definition) is 1. The highest BCUT2D eigenvalue weighted by Crippen LogP contribution is 2.39. The smallest absolute Gasteiger partial charge is 0.274 e. The van der Waals surface area contributed by atoms with Gasteiger partial charge in [0.25, 0.3) is 5.91 Å². The molecule has 1 aliphatic heterocycles. The maximum Gasteiger partial charge on any atom is 0.274 e. The zero-order chi connectivity index (χ0) is 17.4. The molecule has 0 spiro atoms. The number of ether oxygens (including phenoxy) is 2. The molecule has 0 radical (unpaired) electrons. The van der Waals surface area contributed by atoms with Gasteiger partial charge in [0, 0.05) is 36.2 Å². The number of carbonyl (C=O) groups excluding carboxylic acids is 1. The van der Waals surface area contributed by atoms with Gasteiger partial charge in [-0.3, -0.25) is 9.89 Å². The summed E-state index contributed by atoms with van der Waals surface area (Å²) in [6.45, 7) is 1.41. The Morgan fingerprint density at radius 3 is 2.72 bits per heavy atom. The second-order valence-electron chi connectivity index (χ2n) is 6.83. The first kappa shape index (κ1) is 16.0. The normalized spacial score (nSPS) is 19.9. The number of amides is 1. The van der Waals surface area contributed by atoms with Crippen LogP contribution in [-0.2, 0) is 0 Å². The Labute approximate surface area is 147 Å². The van der Waals surface area contributed by atoms with Crippen LogP contribution < -0.4 is 9.47 Å². The molecule has 2 heterocycles. The third-order valence-electron chi connectivity index (χ3n) is 5.19. The summed E-state index contributed by atoms with van der Waals surface area (Å²) in [4.78, 5) is 14.6. The Kier molecular flexibility index (Phi) is 4.11. The lowest BCUT2D eigenvalue weighted by molar-refractivity contribution is 0.0785. The molecule has 0 bridgehead atoms. The fourth-order valence-electron chi connectivity index (χ4n) is 3.57. The van der Waals surface area contributed by atoms with Crippen molar-refractivity contribution in [1.29, 1.82) is 0 Å². The average Bonchev–Trinajstić information content (AvgIpc) is 3.19. The van der Waals surface area contributed by atoms with Gasteiger partial charge in [-0.2, -0.15) is 5.10 Å². The number of likely N-dealkylation sites (tertiary alicyclic amines) is 1. The van der Waals surface area contributed by atoms with Gasteiger partial charge in [-0.05, 0) is 43.5 Å². The zero-order valence-corrected chi connectivity index (χ0v) is 14.6. The third-order valence-corrected chi connectivity index (χ3v) is 5.19. The maximum absolute atomic E-state index is 12.7. The molecule has 1 atom stereocenters. The highest BCUT2D eigenvalue weighted by atomic mass is 16.5. The highest BCUT2D eigenvalue weighted by Gasteiger charge is 2.32. The number of carbonyl (C=O) groups is 1. The van der Waals surface area contributed by atoms with Crippen LogP contribution >= 0.6 is 0 Å². The summed E-state index contributed by atoms with van der Waals surface area (Å²) < 4.78 is 10.8. The Morgan fingerprint density at radius 1 is 1.16 bits per heavy atom. The molecule has 1 aliphatic carbocycles. The Hall–Kier alpha value is -2.50. The highest BCUT2D eigenvalue weighted by molar-refractivity contribution is 5.92. The summed E-state index contributed by atoms with van der Waals surface area (Å²) >= 11 is 0. The number of nitrogens with one attached hydrogen (secondary N) is 1. The van der Waals surface area contributed by atoms with E-state index in [4.69, 9.17) is 9.47 Å². The Balaban J connectivity index is 1.49. The number of hydrogen-bond acceptors (Lipinski definition) is 4. The first-order valence-corrected chi connectivity index (χ1v) is 8.76. The van der Waals surface area contributed by atoms with Gasteiger partial charge in [0.2, 0.25) is 0 Å². The van der Waals surface area contributed by atoms with Crippen molar-refractivity contribution in [2.24, 2.45) is 0 Å². The number of nitrogens with zero attached hydrogens (tertiary/aromatic N) is 2. The second-order valence-corrected chi connectivity index (χ2v) is 6.83. The first-order valence-electron chi connectivity index (χ1n) is 8.76. The molecule has 25 heavy (non-hydrogen) atoms. The largest absolute Gasteiger partial charge is 0.497 e. The minimum absolute atomic E-state index is 0.00696. The van der Waals surface area contributed by atoms with Crippen LogP contribution in [0.2, 0.25) is 0 Å². The first-order chi connectivity index (χ1) is 12.2. The van der Waals surface area contributed by atoms with E-state index in [1.165, 1.54) is 12.8 Å². The lowest BCUT2D eigenvalue weighted by atomic mass is 9.97. The molecule has 4 rings (SSSR count). The van der Waals surface area contributed by atoms with Gasteiger partial charge in [0.15, 0.2) is 0 Å². The van der Waals surface area contributed by atoms with Crippen LogP contribution in [0.3, 0.4) is 0 Å². The number of H-pyrrole nitrogens is 1. The standard InChI is InChI=1S/C19H23N3O3/c1-24-14-5-6-18(25-2)15(9-14)13-7-8-22(11-13)19(23)17-10-16(20-21-17)12-3-4-12/h5-6,9-10,12-13H,3-4,7-8,11H2,1-2H3,(H,20,21). The quantitative estimate of drug-likeness (QED) is 0.908. The molecule has 6 heteroatoms. The van der Waals surface area contributed by atoms with Crippen LogP contribution in [0.5, 0.6) is 11.5 Å². The lowest BCUT2D eigenvalue weighted by Gasteiger charge is -2.17. The summed E-state index contributed by atoms with van der Waals surface area (Å²) in [5, 5.41) is 7.23. The van der Waals surface area contributed by atoms with Crippen LogP contribution in [0, 0.1) is 0 Å². The number of benzene rings is 1. The van der Waals surface area contributed by atoms with Crippen LogP contribution in [-0.4, -0.2) is 48.3 Å². The van der Waals surface area contributed by atoms with E-state index >= 15 is 0 Å². The van der Waals surface area contributed by atoms with E-state index in [0.717, 1.165) is 35.7 Å². The third kappa shape index (κ3) is 3.08. The maximum atomic E-state index is 12.7. The fourth-order valence-corrected chi connectivity index (χ4v) is 3.57. The molecule has 1 aromatic heterocycles. The van der Waals surface area contributed by atoms with Crippen molar-refractivity contribution < 1.29 is 14.3 Å². The summed E-state index contributed by atoms with van der Waals surface area (Å²) in [7, 11) is 3.33. The van der Waals surface area contributed by atoms with Gasteiger partial charge in [-0.15, -0.1) is 0 Å². The van der Waals surface area contributed by atoms with Crippen molar-refractivity contribution >= 4 is 5.91 Å². The van der Waals surface area contributed by atoms with E-state index in [-0.39, 0.29) is 11.8 Å². The van der Waals surface area contributed by atoms with E-state index in [1.807, 2.05) is 29.2 Å². The predicted molar refractivity (Wildman–Crippen MR) is 93.4 cm³/mol. The van der Waals surface area contributed by atoms with Gasteiger partial charge in [0.1, 0.15) is 17.2 Å².